The zero-order valence-electron chi connectivity index (χ0n) is 7.69. The van der Waals surface area contributed by atoms with E-state index in [2.05, 4.69) is 43.8 Å². The van der Waals surface area contributed by atoms with Crippen molar-refractivity contribution in [3.8, 4) is 0 Å². The maximum absolute atomic E-state index is 11.6. The highest BCUT2D eigenvalue weighted by Crippen LogP contribution is 2.21. The molecule has 0 unspecified atom stereocenters. The molecule has 1 rings (SSSR count). The lowest BCUT2D eigenvalue weighted by atomic mass is 10.2. The van der Waals surface area contributed by atoms with Gasteiger partial charge in [0.15, 0.2) is 0 Å². The summed E-state index contributed by atoms with van der Waals surface area (Å²) in [7, 11) is 0. The van der Waals surface area contributed by atoms with Crippen molar-refractivity contribution in [2.45, 2.75) is 0 Å². The van der Waals surface area contributed by atoms with Gasteiger partial charge < -0.3 is 5.32 Å². The third kappa shape index (κ3) is 3.97. The van der Waals surface area contributed by atoms with Gasteiger partial charge in [-0.05, 0) is 34.1 Å². The van der Waals surface area contributed by atoms with Crippen LogP contribution < -0.4 is 5.32 Å². The van der Waals surface area contributed by atoms with Crippen LogP contribution in [-0.2, 0) is 0 Å². The molecular formula is C10H8Br2ClNO. The number of amides is 1. The molecule has 0 atom stereocenters. The first-order valence-corrected chi connectivity index (χ1v) is 6.03. The van der Waals surface area contributed by atoms with Crippen molar-refractivity contribution in [2.75, 3.05) is 6.54 Å². The van der Waals surface area contributed by atoms with E-state index in [0.717, 1.165) is 8.95 Å². The van der Waals surface area contributed by atoms with Gasteiger partial charge in [0, 0.05) is 14.0 Å². The monoisotopic (exact) mass is 351 g/mol. The van der Waals surface area contributed by atoms with E-state index in [1.807, 2.05) is 6.07 Å². The zero-order valence-corrected chi connectivity index (χ0v) is 11.6. The van der Waals surface area contributed by atoms with Crippen molar-refractivity contribution in [3.05, 3.63) is 44.3 Å². The van der Waals surface area contributed by atoms with E-state index in [1.165, 1.54) is 0 Å². The molecule has 1 aromatic carbocycles. The molecule has 0 heterocycles. The first-order chi connectivity index (χ1) is 7.00. The van der Waals surface area contributed by atoms with E-state index in [1.54, 1.807) is 12.1 Å². The van der Waals surface area contributed by atoms with Crippen LogP contribution in [0.4, 0.5) is 0 Å². The summed E-state index contributed by atoms with van der Waals surface area (Å²) in [5.41, 5.74) is 0.566. The standard InChI is InChI=1S/C10H8Br2ClNO/c1-6(13)5-14-10(15)8-3-2-7(11)4-9(8)12/h2-4H,1,5H2,(H,14,15). The largest absolute Gasteiger partial charge is 0.347 e. The van der Waals surface area contributed by atoms with Crippen molar-refractivity contribution in [1.82, 2.24) is 5.32 Å². The molecule has 15 heavy (non-hydrogen) atoms. The number of hydrogen-bond donors (Lipinski definition) is 1. The molecule has 0 spiro atoms. The van der Waals surface area contributed by atoms with Crippen LogP contribution in [0.25, 0.3) is 0 Å². The Labute approximate surface area is 110 Å². The molecule has 0 aromatic heterocycles. The Morgan fingerprint density at radius 3 is 2.67 bits per heavy atom. The fourth-order valence-corrected chi connectivity index (χ4v) is 2.24. The second-order valence-corrected chi connectivity index (χ2v) is 5.13. The summed E-state index contributed by atoms with van der Waals surface area (Å²) in [6.45, 7) is 3.76. The van der Waals surface area contributed by atoms with Crippen molar-refractivity contribution >= 4 is 49.4 Å². The van der Waals surface area contributed by atoms with Crippen LogP contribution in [0.3, 0.4) is 0 Å². The number of halogens is 3. The number of carbonyl (C=O) groups is 1. The normalized spacial score (nSPS) is 9.80. The molecular weight excluding hydrogens is 345 g/mol. The second kappa shape index (κ2) is 5.68. The predicted octanol–water partition coefficient (Wildman–Crippen LogP) is 3.69. The molecule has 1 N–H and O–H groups in total. The van der Waals surface area contributed by atoms with Gasteiger partial charge in [0.1, 0.15) is 0 Å². The van der Waals surface area contributed by atoms with Gasteiger partial charge in [-0.1, -0.05) is 34.1 Å². The highest BCUT2D eigenvalue weighted by molar-refractivity contribution is 9.11. The SMILES string of the molecule is C=C(Cl)CNC(=O)c1ccc(Br)cc1Br. The Bertz CT molecular complexity index is 406. The van der Waals surface area contributed by atoms with E-state index >= 15 is 0 Å². The summed E-state index contributed by atoms with van der Waals surface area (Å²) in [6.07, 6.45) is 0. The Hall–Kier alpha value is -0.320. The third-order valence-corrected chi connectivity index (χ3v) is 2.90. The van der Waals surface area contributed by atoms with Crippen LogP contribution in [0.1, 0.15) is 10.4 Å². The van der Waals surface area contributed by atoms with E-state index in [4.69, 9.17) is 11.6 Å². The molecule has 0 radical (unpaired) electrons. The first kappa shape index (κ1) is 12.7. The summed E-state index contributed by atoms with van der Waals surface area (Å²) in [5.74, 6) is -0.184. The van der Waals surface area contributed by atoms with Gasteiger partial charge in [-0.25, -0.2) is 0 Å². The van der Waals surface area contributed by atoms with Crippen molar-refractivity contribution in [3.63, 3.8) is 0 Å². The van der Waals surface area contributed by atoms with E-state index in [9.17, 15) is 4.79 Å². The summed E-state index contributed by atoms with van der Waals surface area (Å²) in [6, 6.07) is 5.33. The van der Waals surface area contributed by atoms with Gasteiger partial charge in [0.25, 0.3) is 5.91 Å². The van der Waals surface area contributed by atoms with Gasteiger partial charge in [-0.15, -0.1) is 0 Å². The fourth-order valence-electron chi connectivity index (χ4n) is 0.945. The van der Waals surface area contributed by atoms with Gasteiger partial charge in [0.2, 0.25) is 0 Å². The van der Waals surface area contributed by atoms with Crippen LogP contribution in [0.15, 0.2) is 38.8 Å². The minimum atomic E-state index is -0.184. The second-order valence-electron chi connectivity index (χ2n) is 2.82. The maximum Gasteiger partial charge on any atom is 0.252 e. The Morgan fingerprint density at radius 1 is 1.47 bits per heavy atom. The molecule has 0 aliphatic rings. The Balaban J connectivity index is 2.78. The minimum Gasteiger partial charge on any atom is -0.347 e. The molecule has 5 heteroatoms. The topological polar surface area (TPSA) is 29.1 Å². The minimum absolute atomic E-state index is 0.184. The Morgan fingerprint density at radius 2 is 2.13 bits per heavy atom. The molecule has 1 aromatic rings. The molecule has 0 saturated carbocycles. The van der Waals surface area contributed by atoms with Crippen LogP contribution in [0.5, 0.6) is 0 Å². The van der Waals surface area contributed by atoms with Crippen LogP contribution in [0.2, 0.25) is 0 Å². The molecule has 0 aliphatic carbocycles. The molecule has 0 aliphatic heterocycles. The van der Waals surface area contributed by atoms with Gasteiger partial charge >= 0.3 is 0 Å². The van der Waals surface area contributed by atoms with Gasteiger partial charge in [0.05, 0.1) is 12.1 Å². The maximum atomic E-state index is 11.6. The lowest BCUT2D eigenvalue weighted by Gasteiger charge is -2.06. The smallest absolute Gasteiger partial charge is 0.252 e. The van der Waals surface area contributed by atoms with Crippen LogP contribution in [0, 0.1) is 0 Å². The number of benzene rings is 1. The summed E-state index contributed by atoms with van der Waals surface area (Å²) in [4.78, 5) is 11.6. The average Bonchev–Trinajstić information content (AvgIpc) is 2.14. The van der Waals surface area contributed by atoms with E-state index in [0.29, 0.717) is 10.6 Å². The summed E-state index contributed by atoms with van der Waals surface area (Å²) in [5, 5.41) is 3.04. The van der Waals surface area contributed by atoms with Crippen molar-refractivity contribution in [1.29, 1.82) is 0 Å². The molecule has 1 amide bonds. The molecule has 2 nitrogen and oxygen atoms in total. The lowest BCUT2D eigenvalue weighted by molar-refractivity contribution is 0.0957. The molecule has 80 valence electrons. The number of hydrogen-bond acceptors (Lipinski definition) is 1. The predicted molar refractivity (Wildman–Crippen MR) is 69.2 cm³/mol. The lowest BCUT2D eigenvalue weighted by Crippen LogP contribution is -2.24. The Kier molecular flexibility index (Phi) is 4.83. The third-order valence-electron chi connectivity index (χ3n) is 1.62. The van der Waals surface area contributed by atoms with Crippen molar-refractivity contribution in [2.24, 2.45) is 0 Å². The highest BCUT2D eigenvalue weighted by Gasteiger charge is 2.09. The quantitative estimate of drug-likeness (QED) is 0.882. The summed E-state index contributed by atoms with van der Waals surface area (Å²) >= 11 is 12.2. The zero-order chi connectivity index (χ0) is 11.4. The highest BCUT2D eigenvalue weighted by atomic mass is 79.9. The van der Waals surface area contributed by atoms with E-state index in [-0.39, 0.29) is 12.5 Å². The molecule has 0 bridgehead atoms. The van der Waals surface area contributed by atoms with E-state index < -0.39 is 0 Å². The van der Waals surface area contributed by atoms with Crippen molar-refractivity contribution < 1.29 is 4.79 Å². The van der Waals surface area contributed by atoms with Crippen LogP contribution >= 0.6 is 43.5 Å². The molecule has 0 saturated heterocycles. The first-order valence-electron chi connectivity index (χ1n) is 4.07. The average molecular weight is 353 g/mol. The number of carbonyl (C=O) groups excluding carboxylic acids is 1. The number of nitrogens with one attached hydrogen (secondary N) is 1. The molecule has 0 fully saturated rings. The fraction of sp³-hybridized carbons (Fsp3) is 0.100. The summed E-state index contributed by atoms with van der Waals surface area (Å²) < 4.78 is 1.64. The van der Waals surface area contributed by atoms with Crippen LogP contribution in [-0.4, -0.2) is 12.5 Å². The van der Waals surface area contributed by atoms with Gasteiger partial charge in [-0.2, -0.15) is 0 Å². The number of rotatable bonds is 3. The van der Waals surface area contributed by atoms with Gasteiger partial charge in [-0.3, -0.25) is 4.79 Å².